The first kappa shape index (κ1) is 69.2. The summed E-state index contributed by atoms with van der Waals surface area (Å²) < 4.78 is 91.3. The van der Waals surface area contributed by atoms with Crippen molar-refractivity contribution in [2.75, 3.05) is 49.2 Å². The number of fused-ring (bicyclic) bond motifs is 7. The van der Waals surface area contributed by atoms with Gasteiger partial charge in [-0.15, -0.1) is 58.0 Å². The van der Waals surface area contributed by atoms with Gasteiger partial charge in [0.25, 0.3) is 0 Å². The maximum Gasteiger partial charge on any atom is 0.408 e. The molecule has 0 aromatic carbocycles. The molecule has 4 aliphatic carbocycles. The normalized spacial score (nSPS) is 38.2. The van der Waals surface area contributed by atoms with E-state index in [1.807, 2.05) is 0 Å². The molecule has 4 saturated heterocycles. The number of esters is 5. The quantitative estimate of drug-likeness (QED) is 0.0495. The second kappa shape index (κ2) is 30.0. The van der Waals surface area contributed by atoms with Gasteiger partial charge in [-0.25, -0.2) is 9.59 Å². The van der Waals surface area contributed by atoms with Crippen LogP contribution in [-0.2, 0) is 103 Å². The van der Waals surface area contributed by atoms with Gasteiger partial charge in [-0.3, -0.25) is 28.8 Å². The van der Waals surface area contributed by atoms with Crippen LogP contribution >= 0.6 is 58.0 Å². The Morgan fingerprint density at radius 3 is 1.74 bits per heavy atom. The Morgan fingerprint density at radius 2 is 1.16 bits per heavy atom. The average molecular weight is 1380 g/mol. The van der Waals surface area contributed by atoms with E-state index in [1.165, 1.54) is 12.5 Å². The van der Waals surface area contributed by atoms with Gasteiger partial charge in [0.1, 0.15) is 78.2 Å². The Bertz CT molecular complexity index is 2880. The van der Waals surface area contributed by atoms with E-state index in [1.54, 1.807) is 24.3 Å². The average Bonchev–Trinajstić information content (AvgIpc) is 1.57. The van der Waals surface area contributed by atoms with E-state index in [0.29, 0.717) is 49.7 Å². The summed E-state index contributed by atoms with van der Waals surface area (Å²) in [5.41, 5.74) is -0.666. The summed E-state index contributed by atoms with van der Waals surface area (Å²) in [6.07, 6.45) is -12.5. The number of hydrogen-bond donors (Lipinski definition) is 2. The molecule has 25 nitrogen and oxygen atoms in total. The summed E-state index contributed by atoms with van der Waals surface area (Å²) in [4.78, 5) is 109. The Kier molecular flexibility index (Phi) is 22.8. The van der Waals surface area contributed by atoms with E-state index in [4.69, 9.17) is 128 Å². The predicted octanol–water partition coefficient (Wildman–Crippen LogP) is 7.62. The number of Topliss-reactive ketones (excluding diaryl/α,β-unsaturated/α-hetero) is 1. The first-order valence-corrected chi connectivity index (χ1v) is 33.4. The zero-order valence-corrected chi connectivity index (χ0v) is 54.4. The molecular formula is C61H77Cl5N2O23. The molecular weight excluding hydrogens is 1310 g/mol. The lowest BCUT2D eigenvalue weighted by molar-refractivity contribution is -0.364. The van der Waals surface area contributed by atoms with Gasteiger partial charge in [0, 0.05) is 24.7 Å². The Labute approximate surface area is 550 Å². The minimum absolute atomic E-state index is 0.000690. The number of hydrogen-bond acceptors (Lipinski definition) is 23. The molecule has 22 atom stereocenters. The van der Waals surface area contributed by atoms with Crippen molar-refractivity contribution in [3.05, 3.63) is 48.3 Å². The predicted molar refractivity (Wildman–Crippen MR) is 316 cm³/mol. The van der Waals surface area contributed by atoms with E-state index in [0.717, 1.165) is 32.1 Å². The van der Waals surface area contributed by atoms with E-state index < -0.39 is 163 Å². The number of alkyl halides is 5. The third kappa shape index (κ3) is 15.1. The SMILES string of the molecule is CC1C2C(C[C@H]3[C@@H]4CC[C@H]5C[C@@H](O[C@@H]6O[C@H](COC(=O)CCl)[C@@H](O[C@@H]7O[C@H](COC(=O)NCc8ccco8)[C@@H](OC(=O)NCc8ccco8)[C@H](OC(=O)CCl)[C@H]7OC(=O)CCl)[C@H](OC(=O)CCl)[C@H]6OC(=O)CCl)CC[C@]5(C)[C@H]4C(=O)C[C@]23C)O[C@]12CC[C@@H](C)CO2. The maximum atomic E-state index is 15.0. The van der Waals surface area contributed by atoms with Crippen LogP contribution in [0.1, 0.15) is 97.0 Å². The fraction of sp³-hybridized carbons (Fsp3) is 0.738. The summed E-state index contributed by atoms with van der Waals surface area (Å²) in [6, 6.07) is 6.31. The highest BCUT2D eigenvalue weighted by Crippen LogP contribution is 2.71. The van der Waals surface area contributed by atoms with Crippen LogP contribution in [0.4, 0.5) is 9.59 Å². The molecule has 2 aromatic rings. The van der Waals surface area contributed by atoms with Crippen molar-refractivity contribution in [1.82, 2.24) is 10.6 Å². The molecule has 91 heavy (non-hydrogen) atoms. The minimum atomic E-state index is -2.11. The number of halogens is 5. The molecule has 4 saturated carbocycles. The van der Waals surface area contributed by atoms with Crippen LogP contribution in [0, 0.1) is 52.3 Å². The third-order valence-corrected chi connectivity index (χ3v) is 21.1. The Balaban J connectivity index is 0.935. The summed E-state index contributed by atoms with van der Waals surface area (Å²) in [5.74, 6) is -7.95. The fourth-order valence-corrected chi connectivity index (χ4v) is 16.4. The van der Waals surface area contributed by atoms with Gasteiger partial charge in [0.05, 0.1) is 44.4 Å². The molecule has 0 radical (unpaired) electrons. The van der Waals surface area contributed by atoms with Crippen molar-refractivity contribution in [3.8, 4) is 0 Å². The van der Waals surface area contributed by atoms with Gasteiger partial charge in [0.2, 0.25) is 0 Å². The maximum absolute atomic E-state index is 15.0. The lowest BCUT2D eigenvalue weighted by Gasteiger charge is -2.60. The number of rotatable bonds is 22. The minimum Gasteiger partial charge on any atom is -0.467 e. The van der Waals surface area contributed by atoms with Crippen molar-refractivity contribution in [3.63, 3.8) is 0 Å². The van der Waals surface area contributed by atoms with E-state index in [-0.39, 0.29) is 65.9 Å². The lowest BCUT2D eigenvalue weighted by atomic mass is 9.44. The number of amides is 2. The van der Waals surface area contributed by atoms with E-state index >= 15 is 4.79 Å². The van der Waals surface area contributed by atoms with Crippen LogP contribution in [0.2, 0.25) is 0 Å². The molecule has 3 unspecified atom stereocenters. The summed E-state index contributed by atoms with van der Waals surface area (Å²) >= 11 is 30.1. The number of carbonyl (C=O) groups is 8. The van der Waals surface area contributed by atoms with Gasteiger partial charge in [0.15, 0.2) is 48.9 Å². The summed E-state index contributed by atoms with van der Waals surface area (Å²) in [7, 11) is 0. The Morgan fingerprint density at radius 1 is 0.604 bits per heavy atom. The van der Waals surface area contributed by atoms with Crippen molar-refractivity contribution in [2.24, 2.45) is 52.3 Å². The molecule has 6 heterocycles. The van der Waals surface area contributed by atoms with E-state index in [9.17, 15) is 33.6 Å². The highest BCUT2D eigenvalue weighted by molar-refractivity contribution is 6.27. The number of ketones is 1. The molecule has 4 aliphatic heterocycles. The Hall–Kier alpha value is -4.67. The van der Waals surface area contributed by atoms with Crippen LogP contribution in [0.3, 0.4) is 0 Å². The topological polar surface area (TPSA) is 307 Å². The van der Waals surface area contributed by atoms with Crippen LogP contribution in [0.5, 0.6) is 0 Å². The van der Waals surface area contributed by atoms with Crippen LogP contribution in [-0.4, -0.2) is 176 Å². The van der Waals surface area contributed by atoms with Crippen LogP contribution < -0.4 is 10.6 Å². The smallest absolute Gasteiger partial charge is 0.408 e. The monoisotopic (exact) mass is 1380 g/mol. The fourth-order valence-electron chi connectivity index (χ4n) is 16.1. The number of carbonyl (C=O) groups excluding carboxylic acids is 8. The summed E-state index contributed by atoms with van der Waals surface area (Å²) in [5, 5.41) is 4.98. The van der Waals surface area contributed by atoms with Gasteiger partial charge in [-0.05, 0) is 110 Å². The van der Waals surface area contributed by atoms with Gasteiger partial charge in [-0.1, -0.05) is 27.7 Å². The molecule has 8 aliphatic rings. The zero-order chi connectivity index (χ0) is 64.9. The van der Waals surface area contributed by atoms with Gasteiger partial charge < -0.3 is 81.0 Å². The van der Waals surface area contributed by atoms with Crippen LogP contribution in [0.15, 0.2) is 45.6 Å². The van der Waals surface area contributed by atoms with Crippen molar-refractivity contribution < 1.29 is 109 Å². The van der Waals surface area contributed by atoms with Crippen LogP contribution in [0.25, 0.3) is 0 Å². The van der Waals surface area contributed by atoms with Crippen molar-refractivity contribution in [2.45, 2.75) is 178 Å². The van der Waals surface area contributed by atoms with E-state index in [2.05, 4.69) is 38.3 Å². The third-order valence-electron chi connectivity index (χ3n) is 20.0. The second-order valence-electron chi connectivity index (χ2n) is 25.4. The molecule has 30 heteroatoms. The molecule has 504 valence electrons. The molecule has 10 rings (SSSR count). The molecule has 1 spiro atoms. The zero-order valence-electron chi connectivity index (χ0n) is 50.6. The number of alkyl carbamates (subject to hydrolysis) is 2. The van der Waals surface area contributed by atoms with Crippen molar-refractivity contribution in [1.29, 1.82) is 0 Å². The van der Waals surface area contributed by atoms with Crippen molar-refractivity contribution >= 4 is 106 Å². The van der Waals surface area contributed by atoms with Gasteiger partial charge in [-0.2, -0.15) is 0 Å². The molecule has 2 aromatic heterocycles. The van der Waals surface area contributed by atoms with Gasteiger partial charge >= 0.3 is 42.0 Å². The highest BCUT2D eigenvalue weighted by atomic mass is 35.5. The molecule has 2 amide bonds. The lowest BCUT2D eigenvalue weighted by Crippen LogP contribution is -2.68. The standard InChI is InChI=1S/C61H77Cl5N2O23/c1-30-11-14-61(81-27-30)31(2)47-39(91-61)18-37-36-10-9-32-17-33(12-13-59(32,3)48(36)38(69)19-60(37,47)4)82-55-53(87-45(73)23-65)51(85-43(71)21-63)49(40(83-55)28-79-42(70)20-62)89-56-54(88-46(74)24-66)52(86-44(72)22-64)50(90-58(76)68-26-35-8-6-16-78-35)41(84-56)29-80-57(75)67-25-34-7-5-15-77-34/h5-8,15-16,30-33,36-37,39-41,47-56H,9-14,17-29H2,1-4H3,(H,67,75)(H,68,76)/t30-,31?,32+,33+,36+,37+,39?,40-,41-,47?,48-,49-,50-,51+,52+,53-,54-,55-,56+,59+,60+,61-/m1/s1. The molecule has 8 fully saturated rings. The summed E-state index contributed by atoms with van der Waals surface area (Å²) in [6.45, 7) is 7.69. The largest absolute Gasteiger partial charge is 0.467 e. The first-order chi connectivity index (χ1) is 43.6. The number of nitrogens with one attached hydrogen (secondary N) is 2. The molecule has 0 bridgehead atoms. The number of ether oxygens (including phenoxy) is 13. The molecule has 2 N–H and O–H groups in total. The highest BCUT2D eigenvalue weighted by Gasteiger charge is 2.71. The second-order valence-corrected chi connectivity index (χ2v) is 26.7. The first-order valence-electron chi connectivity index (χ1n) is 30.7. The number of furan rings is 2.